The standard InChI is InChI=1S/C10H11N3O2/c1-12-9(6-11)5-7-4-8(13(14)15)2-3-10(7)12/h2-5H,6,11H2,1H3. The summed E-state index contributed by atoms with van der Waals surface area (Å²) in [6.07, 6.45) is 0. The number of hydrogen-bond acceptors (Lipinski definition) is 3. The summed E-state index contributed by atoms with van der Waals surface area (Å²) in [6, 6.07) is 6.69. The van der Waals surface area contributed by atoms with Gasteiger partial charge in [0.25, 0.3) is 5.69 Å². The third-order valence-electron chi connectivity index (χ3n) is 2.55. The topological polar surface area (TPSA) is 74.1 Å². The van der Waals surface area contributed by atoms with E-state index in [4.69, 9.17) is 5.73 Å². The predicted octanol–water partition coefficient (Wildman–Crippen LogP) is 1.55. The van der Waals surface area contributed by atoms with Crippen LogP contribution in [0.4, 0.5) is 5.69 Å². The van der Waals surface area contributed by atoms with Crippen LogP contribution in [0.2, 0.25) is 0 Å². The van der Waals surface area contributed by atoms with E-state index in [2.05, 4.69) is 0 Å². The highest BCUT2D eigenvalue weighted by Crippen LogP contribution is 2.23. The molecule has 0 aliphatic carbocycles. The second-order valence-electron chi connectivity index (χ2n) is 3.40. The molecule has 0 bridgehead atoms. The van der Waals surface area contributed by atoms with Crippen LogP contribution in [0.1, 0.15) is 5.69 Å². The molecule has 5 heteroatoms. The number of fused-ring (bicyclic) bond motifs is 1. The molecule has 5 nitrogen and oxygen atoms in total. The summed E-state index contributed by atoms with van der Waals surface area (Å²) in [5, 5.41) is 11.4. The summed E-state index contributed by atoms with van der Waals surface area (Å²) < 4.78 is 1.94. The molecule has 1 aromatic carbocycles. The number of nitrogens with two attached hydrogens (primary N) is 1. The smallest absolute Gasteiger partial charge is 0.270 e. The number of hydrogen-bond donors (Lipinski definition) is 1. The molecular weight excluding hydrogens is 194 g/mol. The summed E-state index contributed by atoms with van der Waals surface area (Å²) in [4.78, 5) is 10.2. The molecular formula is C10H11N3O2. The number of non-ortho nitro benzene ring substituents is 1. The van der Waals surface area contributed by atoms with Gasteiger partial charge in [0.05, 0.1) is 4.92 Å². The first kappa shape index (κ1) is 9.67. The summed E-state index contributed by atoms with van der Waals surface area (Å²) in [7, 11) is 1.90. The Hall–Kier alpha value is -1.88. The van der Waals surface area contributed by atoms with Gasteiger partial charge >= 0.3 is 0 Å². The molecule has 0 saturated carbocycles. The van der Waals surface area contributed by atoms with Gasteiger partial charge in [-0.1, -0.05) is 0 Å². The first-order valence-electron chi connectivity index (χ1n) is 4.56. The fourth-order valence-electron chi connectivity index (χ4n) is 1.70. The Morgan fingerprint density at radius 2 is 2.20 bits per heavy atom. The van der Waals surface area contributed by atoms with Crippen LogP contribution in [-0.4, -0.2) is 9.49 Å². The van der Waals surface area contributed by atoms with Gasteiger partial charge in [0.15, 0.2) is 0 Å². The van der Waals surface area contributed by atoms with Crippen molar-refractivity contribution < 1.29 is 4.92 Å². The quantitative estimate of drug-likeness (QED) is 0.597. The van der Waals surface area contributed by atoms with E-state index in [-0.39, 0.29) is 5.69 Å². The molecule has 0 atom stereocenters. The first-order chi connectivity index (χ1) is 7.13. The molecule has 0 aliphatic rings. The van der Waals surface area contributed by atoms with Crippen molar-refractivity contribution >= 4 is 16.6 Å². The first-order valence-corrected chi connectivity index (χ1v) is 4.56. The lowest BCUT2D eigenvalue weighted by Crippen LogP contribution is -2.02. The lowest BCUT2D eigenvalue weighted by Gasteiger charge is -1.99. The zero-order valence-electron chi connectivity index (χ0n) is 8.30. The molecule has 0 aliphatic heterocycles. The summed E-state index contributed by atoms with van der Waals surface area (Å²) >= 11 is 0. The largest absolute Gasteiger partial charge is 0.346 e. The number of rotatable bonds is 2. The molecule has 0 amide bonds. The normalized spacial score (nSPS) is 10.8. The van der Waals surface area contributed by atoms with Crippen molar-refractivity contribution in [2.75, 3.05) is 0 Å². The molecule has 0 unspecified atom stereocenters. The Kier molecular flexibility index (Phi) is 2.17. The van der Waals surface area contributed by atoms with Crippen LogP contribution in [0.15, 0.2) is 24.3 Å². The Labute approximate surface area is 86.3 Å². The van der Waals surface area contributed by atoms with Gasteiger partial charge in [0.1, 0.15) is 0 Å². The number of nitrogens with zero attached hydrogens (tertiary/aromatic N) is 2. The maximum Gasteiger partial charge on any atom is 0.270 e. The van der Waals surface area contributed by atoms with E-state index < -0.39 is 4.92 Å². The maximum atomic E-state index is 10.6. The molecule has 0 spiro atoms. The van der Waals surface area contributed by atoms with Gasteiger partial charge in [0.2, 0.25) is 0 Å². The molecule has 0 saturated heterocycles. The van der Waals surface area contributed by atoms with Gasteiger partial charge in [-0.25, -0.2) is 0 Å². The van der Waals surface area contributed by atoms with Crippen molar-refractivity contribution in [3.05, 3.63) is 40.1 Å². The number of nitro benzene ring substituents is 1. The minimum Gasteiger partial charge on any atom is -0.346 e. The molecule has 0 fully saturated rings. The summed E-state index contributed by atoms with van der Waals surface area (Å²) in [6.45, 7) is 0.430. The molecule has 2 aromatic rings. The van der Waals surface area contributed by atoms with E-state index in [1.807, 2.05) is 17.7 Å². The van der Waals surface area contributed by atoms with E-state index >= 15 is 0 Å². The van der Waals surface area contributed by atoms with Crippen LogP contribution in [0.25, 0.3) is 10.9 Å². The number of aromatic nitrogens is 1. The molecule has 1 aromatic heterocycles. The summed E-state index contributed by atoms with van der Waals surface area (Å²) in [5.74, 6) is 0. The van der Waals surface area contributed by atoms with Gasteiger partial charge < -0.3 is 10.3 Å². The van der Waals surface area contributed by atoms with Gasteiger partial charge in [-0.3, -0.25) is 10.1 Å². The fourth-order valence-corrected chi connectivity index (χ4v) is 1.70. The lowest BCUT2D eigenvalue weighted by molar-refractivity contribution is -0.384. The zero-order chi connectivity index (χ0) is 11.0. The van der Waals surface area contributed by atoms with Crippen molar-refractivity contribution in [3.63, 3.8) is 0 Å². The van der Waals surface area contributed by atoms with Crippen molar-refractivity contribution in [2.24, 2.45) is 12.8 Å². The highest BCUT2D eigenvalue weighted by Gasteiger charge is 2.09. The average molecular weight is 205 g/mol. The van der Waals surface area contributed by atoms with Gasteiger partial charge in [-0.15, -0.1) is 0 Å². The monoisotopic (exact) mass is 205 g/mol. The number of aryl methyl sites for hydroxylation is 1. The van der Waals surface area contributed by atoms with E-state index in [0.29, 0.717) is 6.54 Å². The molecule has 0 radical (unpaired) electrons. The predicted molar refractivity (Wildman–Crippen MR) is 57.5 cm³/mol. The molecule has 15 heavy (non-hydrogen) atoms. The van der Waals surface area contributed by atoms with Crippen LogP contribution in [0.3, 0.4) is 0 Å². The highest BCUT2D eigenvalue weighted by atomic mass is 16.6. The van der Waals surface area contributed by atoms with Gasteiger partial charge in [-0.05, 0) is 12.1 Å². The zero-order valence-corrected chi connectivity index (χ0v) is 8.30. The van der Waals surface area contributed by atoms with E-state index in [1.54, 1.807) is 12.1 Å². The van der Waals surface area contributed by atoms with Crippen molar-refractivity contribution in [3.8, 4) is 0 Å². The summed E-state index contributed by atoms with van der Waals surface area (Å²) in [5.41, 5.74) is 7.59. The Balaban J connectivity index is 2.68. The second kappa shape index (κ2) is 3.36. The van der Waals surface area contributed by atoms with E-state index in [9.17, 15) is 10.1 Å². The van der Waals surface area contributed by atoms with Gasteiger partial charge in [-0.2, -0.15) is 0 Å². The van der Waals surface area contributed by atoms with E-state index in [0.717, 1.165) is 16.6 Å². The Morgan fingerprint density at radius 1 is 1.47 bits per heavy atom. The third-order valence-corrected chi connectivity index (χ3v) is 2.55. The van der Waals surface area contributed by atoms with Gasteiger partial charge in [0, 0.05) is 42.3 Å². The van der Waals surface area contributed by atoms with Crippen LogP contribution in [0, 0.1) is 10.1 Å². The fraction of sp³-hybridized carbons (Fsp3) is 0.200. The number of benzene rings is 1. The van der Waals surface area contributed by atoms with Crippen molar-refractivity contribution in [1.82, 2.24) is 4.57 Å². The highest BCUT2D eigenvalue weighted by molar-refractivity contribution is 5.83. The maximum absolute atomic E-state index is 10.6. The molecule has 1 heterocycles. The van der Waals surface area contributed by atoms with Crippen molar-refractivity contribution in [2.45, 2.75) is 6.54 Å². The lowest BCUT2D eigenvalue weighted by atomic mass is 10.2. The minimum atomic E-state index is -0.394. The number of nitro groups is 1. The van der Waals surface area contributed by atoms with E-state index in [1.165, 1.54) is 6.07 Å². The Morgan fingerprint density at radius 3 is 2.80 bits per heavy atom. The molecule has 2 rings (SSSR count). The van der Waals surface area contributed by atoms with Crippen LogP contribution < -0.4 is 5.73 Å². The van der Waals surface area contributed by atoms with Crippen LogP contribution in [0.5, 0.6) is 0 Å². The third kappa shape index (κ3) is 1.46. The molecule has 2 N–H and O–H groups in total. The Bertz CT molecular complexity index is 531. The van der Waals surface area contributed by atoms with Crippen molar-refractivity contribution in [1.29, 1.82) is 0 Å². The minimum absolute atomic E-state index is 0.108. The SMILES string of the molecule is Cn1c(CN)cc2cc([N+](=O)[O-])ccc21. The van der Waals surface area contributed by atoms with Crippen LogP contribution >= 0.6 is 0 Å². The molecule has 78 valence electrons. The second-order valence-corrected chi connectivity index (χ2v) is 3.40. The average Bonchev–Trinajstić information content (AvgIpc) is 2.55. The van der Waals surface area contributed by atoms with Crippen LogP contribution in [-0.2, 0) is 13.6 Å².